The van der Waals surface area contributed by atoms with Gasteiger partial charge in [0.2, 0.25) is 0 Å². The zero-order valence-corrected chi connectivity index (χ0v) is 24.8. The summed E-state index contributed by atoms with van der Waals surface area (Å²) in [6.07, 6.45) is 9.49. The highest BCUT2D eigenvalue weighted by Gasteiger charge is 2.43. The Bertz CT molecular complexity index is 1250. The molecule has 3 aliphatic rings. The second kappa shape index (κ2) is 7.18. The average Bonchev–Trinajstić information content (AvgIpc) is 3.19. The van der Waals surface area contributed by atoms with Crippen molar-refractivity contribution in [3.05, 3.63) is 104 Å². The lowest BCUT2D eigenvalue weighted by atomic mass is 9.59. The summed E-state index contributed by atoms with van der Waals surface area (Å²) in [6, 6.07) is 14.8. The van der Waals surface area contributed by atoms with Crippen LogP contribution in [0.3, 0.4) is 0 Å². The Balaban J connectivity index is 1.64. The summed E-state index contributed by atoms with van der Waals surface area (Å²) in [5.41, 5.74) is 8.78. The first-order valence-corrected chi connectivity index (χ1v) is 18.8. The third kappa shape index (κ3) is 3.07. The molecule has 176 valence electrons. The quantitative estimate of drug-likeness (QED) is 0.376. The van der Waals surface area contributed by atoms with Gasteiger partial charge in [-0.05, 0) is 57.6 Å². The molecular formula is C32H40Si2. The molecule has 2 aromatic rings. The average molecular weight is 481 g/mol. The Kier molecular flexibility index (Phi) is 4.98. The molecule has 2 aromatic carbocycles. The maximum atomic E-state index is 2.53. The summed E-state index contributed by atoms with van der Waals surface area (Å²) in [4.78, 5) is 0. The molecule has 0 amide bonds. The highest BCUT2D eigenvalue weighted by atomic mass is 28.3. The fourth-order valence-electron chi connectivity index (χ4n) is 6.43. The molecule has 2 heteroatoms. The number of fused-ring (bicyclic) bond motifs is 2. The first-order chi connectivity index (χ1) is 15.7. The van der Waals surface area contributed by atoms with Crippen molar-refractivity contribution in [2.45, 2.75) is 78.6 Å². The third-order valence-electron chi connectivity index (χ3n) is 9.67. The zero-order valence-electron chi connectivity index (χ0n) is 22.8. The van der Waals surface area contributed by atoms with Gasteiger partial charge in [-0.25, -0.2) is 0 Å². The van der Waals surface area contributed by atoms with E-state index < -0.39 is 16.1 Å². The molecule has 0 spiro atoms. The number of allylic oxidation sites excluding steroid dienone is 6. The predicted molar refractivity (Wildman–Crippen MR) is 156 cm³/mol. The van der Waals surface area contributed by atoms with Gasteiger partial charge in [0.25, 0.3) is 0 Å². The number of hydrogen-bond acceptors (Lipinski definition) is 0. The van der Waals surface area contributed by atoms with Crippen LogP contribution in [-0.4, -0.2) is 16.1 Å². The molecule has 0 fully saturated rings. The fraction of sp³-hybridized carbons (Fsp3) is 0.375. The molecule has 0 radical (unpaired) electrons. The molecule has 0 aromatic heterocycles. The van der Waals surface area contributed by atoms with E-state index in [0.29, 0.717) is 0 Å². The van der Waals surface area contributed by atoms with Crippen LogP contribution in [0.2, 0.25) is 26.2 Å². The minimum Gasteiger partial charge on any atom is -0.0790 e. The van der Waals surface area contributed by atoms with Crippen LogP contribution in [-0.2, 0) is 10.8 Å². The Morgan fingerprint density at radius 2 is 0.853 bits per heavy atom. The third-order valence-corrected chi connectivity index (χ3v) is 17.6. The molecule has 0 atom stereocenters. The summed E-state index contributed by atoms with van der Waals surface area (Å²) in [7, 11) is -3.08. The highest BCUT2D eigenvalue weighted by molar-refractivity contribution is 7.01. The minimum absolute atomic E-state index is 0.0206. The molecule has 0 saturated carbocycles. The number of benzene rings is 2. The van der Waals surface area contributed by atoms with Gasteiger partial charge < -0.3 is 0 Å². The molecule has 0 saturated heterocycles. The first kappa shape index (κ1) is 23.6. The summed E-state index contributed by atoms with van der Waals surface area (Å²) >= 11 is 0. The minimum atomic E-state index is -1.54. The molecule has 5 rings (SSSR count). The van der Waals surface area contributed by atoms with E-state index in [-0.39, 0.29) is 10.8 Å². The van der Waals surface area contributed by atoms with E-state index in [9.17, 15) is 0 Å². The van der Waals surface area contributed by atoms with E-state index in [2.05, 4.69) is 128 Å². The van der Waals surface area contributed by atoms with Gasteiger partial charge in [-0.1, -0.05) is 125 Å². The van der Waals surface area contributed by atoms with Crippen LogP contribution >= 0.6 is 0 Å². The number of hydrogen-bond donors (Lipinski definition) is 0. The van der Waals surface area contributed by atoms with Gasteiger partial charge in [0.15, 0.2) is 0 Å². The van der Waals surface area contributed by atoms with Crippen molar-refractivity contribution in [1.29, 1.82) is 0 Å². The van der Waals surface area contributed by atoms with Crippen LogP contribution < -0.4 is 0 Å². The number of rotatable bonds is 2. The molecule has 0 bridgehead atoms. The Hall–Kier alpha value is -2.17. The van der Waals surface area contributed by atoms with E-state index in [1.807, 2.05) is 0 Å². The van der Waals surface area contributed by atoms with Gasteiger partial charge in [-0.2, -0.15) is 0 Å². The summed E-state index contributed by atoms with van der Waals surface area (Å²) < 4.78 is 0. The van der Waals surface area contributed by atoms with E-state index in [0.717, 1.165) is 0 Å². The van der Waals surface area contributed by atoms with Crippen LogP contribution in [0.5, 0.6) is 0 Å². The smallest absolute Gasteiger partial charge is 0.0790 e. The monoisotopic (exact) mass is 480 g/mol. The molecule has 2 aliphatic heterocycles. The van der Waals surface area contributed by atoms with E-state index >= 15 is 0 Å². The lowest BCUT2D eigenvalue weighted by Gasteiger charge is -2.44. The van der Waals surface area contributed by atoms with Gasteiger partial charge >= 0.3 is 0 Å². The van der Waals surface area contributed by atoms with E-state index in [1.54, 1.807) is 20.8 Å². The molecule has 1 aliphatic carbocycles. The van der Waals surface area contributed by atoms with Crippen LogP contribution in [0.1, 0.15) is 74.9 Å². The molecule has 2 heterocycles. The molecular weight excluding hydrogens is 441 g/mol. The second-order valence-electron chi connectivity index (χ2n) is 12.9. The van der Waals surface area contributed by atoms with Crippen molar-refractivity contribution in [2.24, 2.45) is 0 Å². The SMILES string of the molecule is CC1=CC=C(c2ccc3c(c2)C(C)(C)c2ccc(C4=CC=C(C)[Si]4(C)C)cc2C3(C)C)[Si]1(C)C. The van der Waals surface area contributed by atoms with Gasteiger partial charge in [0.1, 0.15) is 16.1 Å². The summed E-state index contributed by atoms with van der Waals surface area (Å²) in [5, 5.41) is 6.31. The molecule has 34 heavy (non-hydrogen) atoms. The van der Waals surface area contributed by atoms with Crippen LogP contribution in [0.15, 0.2) is 71.1 Å². The molecule has 0 nitrogen and oxygen atoms in total. The van der Waals surface area contributed by atoms with E-state index in [1.165, 1.54) is 33.4 Å². The lowest BCUT2D eigenvalue weighted by molar-refractivity contribution is 0.520. The fourth-order valence-corrected chi connectivity index (χ4v) is 11.0. The second-order valence-corrected chi connectivity index (χ2v) is 22.0. The standard InChI is InChI=1S/C32H40Si2/c1-21-11-17-29(33(21,7)8)23-13-15-25-27(19-23)31(3,4)26-16-14-24(20-28(26)32(25,5)6)30-18-12-22(2)34(30,9)10/h11-20H,1-10H3. The van der Waals surface area contributed by atoms with Crippen molar-refractivity contribution in [3.8, 4) is 0 Å². The van der Waals surface area contributed by atoms with Crippen molar-refractivity contribution in [3.63, 3.8) is 0 Å². The van der Waals surface area contributed by atoms with Gasteiger partial charge in [0.05, 0.1) is 0 Å². The molecule has 0 N–H and O–H groups in total. The van der Waals surface area contributed by atoms with Crippen molar-refractivity contribution in [1.82, 2.24) is 0 Å². The summed E-state index contributed by atoms with van der Waals surface area (Å²) in [5.74, 6) is 0. The van der Waals surface area contributed by atoms with Crippen LogP contribution in [0.25, 0.3) is 10.4 Å². The first-order valence-electron chi connectivity index (χ1n) is 12.8. The normalized spacial score (nSPS) is 22.9. The maximum absolute atomic E-state index is 2.53. The van der Waals surface area contributed by atoms with Crippen molar-refractivity contribution >= 4 is 26.5 Å². The van der Waals surface area contributed by atoms with Gasteiger partial charge in [0, 0.05) is 10.8 Å². The van der Waals surface area contributed by atoms with Crippen LogP contribution in [0.4, 0.5) is 0 Å². The zero-order chi connectivity index (χ0) is 24.8. The largest absolute Gasteiger partial charge is 0.107 e. The van der Waals surface area contributed by atoms with Crippen molar-refractivity contribution in [2.75, 3.05) is 0 Å². The lowest BCUT2D eigenvalue weighted by Crippen LogP contribution is -2.37. The Labute approximate surface area is 209 Å². The Morgan fingerprint density at radius 3 is 1.15 bits per heavy atom. The van der Waals surface area contributed by atoms with Gasteiger partial charge in [-0.3, -0.25) is 0 Å². The topological polar surface area (TPSA) is 0 Å². The predicted octanol–water partition coefficient (Wildman–Crippen LogP) is 8.91. The highest BCUT2D eigenvalue weighted by Crippen LogP contribution is 2.52. The summed E-state index contributed by atoms with van der Waals surface area (Å²) in [6.45, 7) is 24.3. The molecule has 0 unspecified atom stereocenters. The van der Waals surface area contributed by atoms with Crippen LogP contribution in [0, 0.1) is 0 Å². The van der Waals surface area contributed by atoms with Gasteiger partial charge in [-0.15, -0.1) is 0 Å². The van der Waals surface area contributed by atoms with Crippen molar-refractivity contribution < 1.29 is 0 Å². The van der Waals surface area contributed by atoms with E-state index in [4.69, 9.17) is 0 Å². The maximum Gasteiger partial charge on any atom is 0.107 e. The Morgan fingerprint density at radius 1 is 0.500 bits per heavy atom.